The normalized spacial score (nSPS) is 22.6. The number of piperidine rings is 1. The van der Waals surface area contributed by atoms with Gasteiger partial charge in [0.25, 0.3) is 0 Å². The van der Waals surface area contributed by atoms with Gasteiger partial charge in [-0.25, -0.2) is 17.1 Å². The molecule has 0 aromatic heterocycles. The van der Waals surface area contributed by atoms with E-state index in [9.17, 15) is 17.9 Å². The molecule has 20 heavy (non-hydrogen) atoms. The first-order valence-electron chi connectivity index (χ1n) is 6.75. The first kappa shape index (κ1) is 15.4. The zero-order valence-electron chi connectivity index (χ0n) is 11.5. The number of hydrogen-bond donors (Lipinski definition) is 1. The van der Waals surface area contributed by atoms with Gasteiger partial charge in [0.15, 0.2) is 0 Å². The second kappa shape index (κ2) is 6.20. The average Bonchev–Trinajstić information content (AvgIpc) is 2.38. The smallest absolute Gasteiger partial charge is 0.211 e. The minimum atomic E-state index is -3.17. The van der Waals surface area contributed by atoms with Crippen molar-refractivity contribution < 1.29 is 17.9 Å². The highest BCUT2D eigenvalue weighted by atomic mass is 32.2. The van der Waals surface area contributed by atoms with Crippen LogP contribution in [0.5, 0.6) is 0 Å². The van der Waals surface area contributed by atoms with Crippen LogP contribution in [-0.4, -0.2) is 37.2 Å². The highest BCUT2D eigenvalue weighted by Crippen LogP contribution is 2.28. The first-order chi connectivity index (χ1) is 9.36. The SMILES string of the molecule is CS(=O)(=O)N1CCCC(CC(O)c2cccc(F)c2)C1. The molecule has 0 aliphatic carbocycles. The molecular formula is C14H20FNO3S. The van der Waals surface area contributed by atoms with Crippen molar-refractivity contribution in [3.63, 3.8) is 0 Å². The summed E-state index contributed by atoms with van der Waals surface area (Å²) in [5.41, 5.74) is 0.543. The number of rotatable bonds is 4. The zero-order chi connectivity index (χ0) is 14.8. The van der Waals surface area contributed by atoms with Crippen LogP contribution in [-0.2, 0) is 10.0 Å². The molecule has 0 spiro atoms. The Kier molecular flexibility index (Phi) is 4.78. The zero-order valence-corrected chi connectivity index (χ0v) is 12.3. The molecule has 112 valence electrons. The monoisotopic (exact) mass is 301 g/mol. The Labute approximate surface area is 119 Å². The van der Waals surface area contributed by atoms with Gasteiger partial charge in [-0.2, -0.15) is 0 Å². The summed E-state index contributed by atoms with van der Waals surface area (Å²) < 4.78 is 37.7. The van der Waals surface area contributed by atoms with E-state index >= 15 is 0 Å². The van der Waals surface area contributed by atoms with E-state index in [4.69, 9.17) is 0 Å². The highest BCUT2D eigenvalue weighted by Gasteiger charge is 2.27. The molecule has 0 amide bonds. The van der Waals surface area contributed by atoms with Crippen LogP contribution in [0.4, 0.5) is 4.39 Å². The van der Waals surface area contributed by atoms with Crippen LogP contribution in [0.15, 0.2) is 24.3 Å². The third-order valence-corrected chi connectivity index (χ3v) is 5.01. The Hall–Kier alpha value is -0.980. The van der Waals surface area contributed by atoms with Crippen molar-refractivity contribution >= 4 is 10.0 Å². The van der Waals surface area contributed by atoms with Crippen molar-refractivity contribution in [2.75, 3.05) is 19.3 Å². The van der Waals surface area contributed by atoms with Gasteiger partial charge < -0.3 is 5.11 Å². The van der Waals surface area contributed by atoms with E-state index in [1.54, 1.807) is 12.1 Å². The molecule has 1 aromatic carbocycles. The Morgan fingerprint density at radius 2 is 2.25 bits per heavy atom. The number of benzene rings is 1. The predicted molar refractivity (Wildman–Crippen MR) is 75.1 cm³/mol. The molecule has 1 saturated heterocycles. The number of halogens is 1. The summed E-state index contributed by atoms with van der Waals surface area (Å²) in [6.07, 6.45) is 2.59. The van der Waals surface area contributed by atoms with Gasteiger partial charge in [0, 0.05) is 13.1 Å². The van der Waals surface area contributed by atoms with Crippen LogP contribution in [0.25, 0.3) is 0 Å². The van der Waals surface area contributed by atoms with Gasteiger partial charge in [-0.05, 0) is 42.9 Å². The van der Waals surface area contributed by atoms with Crippen molar-refractivity contribution in [3.05, 3.63) is 35.6 Å². The van der Waals surface area contributed by atoms with Crippen LogP contribution in [0, 0.1) is 11.7 Å². The standard InChI is InChI=1S/C14H20FNO3S/c1-20(18,19)16-7-3-4-11(10-16)8-14(17)12-5-2-6-13(15)9-12/h2,5-6,9,11,14,17H,3-4,7-8,10H2,1H3. The summed E-state index contributed by atoms with van der Waals surface area (Å²) in [5, 5.41) is 10.2. The summed E-state index contributed by atoms with van der Waals surface area (Å²) >= 11 is 0. The molecule has 0 radical (unpaired) electrons. The van der Waals surface area contributed by atoms with Gasteiger partial charge in [-0.15, -0.1) is 0 Å². The Morgan fingerprint density at radius 1 is 1.50 bits per heavy atom. The maximum atomic E-state index is 13.1. The summed E-state index contributed by atoms with van der Waals surface area (Å²) in [7, 11) is -3.17. The van der Waals surface area contributed by atoms with Gasteiger partial charge in [0.1, 0.15) is 5.82 Å². The molecule has 1 N–H and O–H groups in total. The molecule has 6 heteroatoms. The van der Waals surface area contributed by atoms with Gasteiger partial charge in [0.05, 0.1) is 12.4 Å². The van der Waals surface area contributed by atoms with Crippen LogP contribution in [0.2, 0.25) is 0 Å². The van der Waals surface area contributed by atoms with Crippen LogP contribution in [0.3, 0.4) is 0 Å². The molecule has 0 saturated carbocycles. The van der Waals surface area contributed by atoms with E-state index in [1.165, 1.54) is 22.7 Å². The molecular weight excluding hydrogens is 281 g/mol. The minimum Gasteiger partial charge on any atom is -0.388 e. The third kappa shape index (κ3) is 4.01. The summed E-state index contributed by atoms with van der Waals surface area (Å²) in [6.45, 7) is 0.983. The fourth-order valence-electron chi connectivity index (χ4n) is 2.69. The summed E-state index contributed by atoms with van der Waals surface area (Å²) in [5.74, 6) is -0.264. The largest absolute Gasteiger partial charge is 0.388 e. The second-order valence-corrected chi connectivity index (χ2v) is 7.42. The van der Waals surface area contributed by atoms with Crippen LogP contribution < -0.4 is 0 Å². The minimum absolute atomic E-state index is 0.108. The summed E-state index contributed by atoms with van der Waals surface area (Å²) in [6, 6.07) is 5.91. The molecule has 2 atom stereocenters. The molecule has 1 aromatic rings. The van der Waals surface area contributed by atoms with Gasteiger partial charge in [-0.3, -0.25) is 0 Å². The molecule has 1 heterocycles. The van der Waals surface area contributed by atoms with E-state index in [0.29, 0.717) is 25.1 Å². The number of aliphatic hydroxyl groups excluding tert-OH is 1. The van der Waals surface area contributed by atoms with Crippen LogP contribution >= 0.6 is 0 Å². The lowest BCUT2D eigenvalue weighted by Gasteiger charge is -2.32. The maximum absolute atomic E-state index is 13.1. The summed E-state index contributed by atoms with van der Waals surface area (Å²) in [4.78, 5) is 0. The lowest BCUT2D eigenvalue weighted by atomic mass is 9.91. The average molecular weight is 301 g/mol. The quantitative estimate of drug-likeness (QED) is 0.924. The van der Waals surface area contributed by atoms with Gasteiger partial charge >= 0.3 is 0 Å². The van der Waals surface area contributed by atoms with E-state index < -0.39 is 16.1 Å². The molecule has 1 aliphatic heterocycles. The van der Waals surface area contributed by atoms with Crippen molar-refractivity contribution in [2.45, 2.75) is 25.4 Å². The maximum Gasteiger partial charge on any atom is 0.211 e. The molecule has 4 nitrogen and oxygen atoms in total. The van der Waals surface area contributed by atoms with Crippen molar-refractivity contribution in [1.29, 1.82) is 0 Å². The number of hydrogen-bond acceptors (Lipinski definition) is 3. The molecule has 2 unspecified atom stereocenters. The van der Waals surface area contributed by atoms with Gasteiger partial charge in [-0.1, -0.05) is 12.1 Å². The Balaban J connectivity index is 1.99. The molecule has 1 fully saturated rings. The molecule has 1 aliphatic rings. The van der Waals surface area contributed by atoms with E-state index in [-0.39, 0.29) is 11.7 Å². The van der Waals surface area contributed by atoms with Crippen LogP contribution in [0.1, 0.15) is 30.9 Å². The fourth-order valence-corrected chi connectivity index (χ4v) is 3.63. The highest BCUT2D eigenvalue weighted by molar-refractivity contribution is 7.88. The number of aliphatic hydroxyl groups is 1. The van der Waals surface area contributed by atoms with E-state index in [1.807, 2.05) is 0 Å². The van der Waals surface area contributed by atoms with E-state index in [0.717, 1.165) is 12.8 Å². The Bertz CT molecular complexity index is 561. The number of sulfonamides is 1. The van der Waals surface area contributed by atoms with Crippen molar-refractivity contribution in [2.24, 2.45) is 5.92 Å². The number of nitrogens with zero attached hydrogens (tertiary/aromatic N) is 1. The van der Waals surface area contributed by atoms with E-state index in [2.05, 4.69) is 0 Å². The van der Waals surface area contributed by atoms with Crippen molar-refractivity contribution in [3.8, 4) is 0 Å². The third-order valence-electron chi connectivity index (χ3n) is 3.74. The molecule has 2 rings (SSSR count). The fraction of sp³-hybridized carbons (Fsp3) is 0.571. The Morgan fingerprint density at radius 3 is 2.90 bits per heavy atom. The predicted octanol–water partition coefficient (Wildman–Crippen LogP) is 1.92. The lowest BCUT2D eigenvalue weighted by molar-refractivity contribution is 0.122. The van der Waals surface area contributed by atoms with Crippen molar-refractivity contribution in [1.82, 2.24) is 4.31 Å². The first-order valence-corrected chi connectivity index (χ1v) is 8.60. The van der Waals surface area contributed by atoms with Gasteiger partial charge in [0.2, 0.25) is 10.0 Å². The second-order valence-electron chi connectivity index (χ2n) is 5.44. The topological polar surface area (TPSA) is 57.6 Å². The lowest BCUT2D eigenvalue weighted by Crippen LogP contribution is -2.39. The molecule has 0 bridgehead atoms.